The minimum atomic E-state index is -0.540. The van der Waals surface area contributed by atoms with Crippen LogP contribution in [0.3, 0.4) is 0 Å². The summed E-state index contributed by atoms with van der Waals surface area (Å²) >= 11 is 0. The maximum atomic E-state index is 12.2. The Morgan fingerprint density at radius 1 is 1.32 bits per heavy atom. The van der Waals surface area contributed by atoms with E-state index in [0.29, 0.717) is 22.8 Å². The second kappa shape index (κ2) is 6.30. The Balaban J connectivity index is 2.66. The average Bonchev–Trinajstić information content (AvgIpc) is 2.46. The number of hydrogen-bond donors (Lipinski definition) is 0. The molecule has 0 aliphatic carbocycles. The maximum Gasteiger partial charge on any atom is 0.342 e. The van der Waals surface area contributed by atoms with Crippen molar-refractivity contribution in [2.45, 2.75) is 20.8 Å². The Bertz CT molecular complexity index is 744. The molecule has 1 heterocycles. The number of esters is 1. The summed E-state index contributed by atoms with van der Waals surface area (Å²) < 4.78 is 5.04. The van der Waals surface area contributed by atoms with Crippen molar-refractivity contribution in [3.8, 4) is 11.3 Å². The lowest BCUT2D eigenvalue weighted by Gasteiger charge is -2.11. The van der Waals surface area contributed by atoms with E-state index in [-0.39, 0.29) is 17.9 Å². The molecular formula is C15H15N3O4. The van der Waals surface area contributed by atoms with Gasteiger partial charge in [0.1, 0.15) is 11.4 Å². The Morgan fingerprint density at radius 3 is 2.68 bits per heavy atom. The fraction of sp³-hybridized carbons (Fsp3) is 0.267. The van der Waals surface area contributed by atoms with Crippen molar-refractivity contribution < 1.29 is 14.5 Å². The van der Waals surface area contributed by atoms with Gasteiger partial charge >= 0.3 is 5.97 Å². The molecule has 114 valence electrons. The first kappa shape index (κ1) is 15.6. The molecular weight excluding hydrogens is 286 g/mol. The van der Waals surface area contributed by atoms with E-state index >= 15 is 0 Å². The Labute approximate surface area is 127 Å². The molecule has 0 spiro atoms. The smallest absolute Gasteiger partial charge is 0.342 e. The van der Waals surface area contributed by atoms with Crippen LogP contribution in [0.4, 0.5) is 5.69 Å². The zero-order valence-electron chi connectivity index (χ0n) is 12.5. The number of aromatic nitrogens is 2. The van der Waals surface area contributed by atoms with E-state index in [1.165, 1.54) is 12.1 Å². The van der Waals surface area contributed by atoms with Crippen molar-refractivity contribution in [1.29, 1.82) is 0 Å². The average molecular weight is 301 g/mol. The van der Waals surface area contributed by atoms with E-state index < -0.39 is 10.9 Å². The summed E-state index contributed by atoms with van der Waals surface area (Å²) in [7, 11) is 0. The van der Waals surface area contributed by atoms with E-state index in [1.54, 1.807) is 32.9 Å². The predicted molar refractivity (Wildman–Crippen MR) is 79.6 cm³/mol. The van der Waals surface area contributed by atoms with E-state index in [4.69, 9.17) is 4.74 Å². The maximum absolute atomic E-state index is 12.2. The van der Waals surface area contributed by atoms with Crippen LogP contribution in [0, 0.1) is 24.0 Å². The number of nitrogens with zero attached hydrogens (tertiary/aromatic N) is 3. The first-order chi connectivity index (χ1) is 10.4. The van der Waals surface area contributed by atoms with Gasteiger partial charge < -0.3 is 4.74 Å². The van der Waals surface area contributed by atoms with Crippen molar-refractivity contribution in [3.05, 3.63) is 51.5 Å². The first-order valence-corrected chi connectivity index (χ1v) is 6.71. The standard InChI is InChI=1S/C15H15N3O4/c1-4-22-15(19)13-9(2)16-10(3)17-14(13)11-6-5-7-12(8-11)18(20)21/h5-8H,4H2,1-3H3. The Kier molecular flexibility index (Phi) is 4.45. The summed E-state index contributed by atoms with van der Waals surface area (Å²) in [5.41, 5.74) is 1.46. The molecule has 0 saturated carbocycles. The summed E-state index contributed by atoms with van der Waals surface area (Å²) in [5, 5.41) is 10.9. The molecule has 0 saturated heterocycles. The van der Waals surface area contributed by atoms with Crippen LogP contribution in [0.25, 0.3) is 11.3 Å². The normalized spacial score (nSPS) is 10.3. The molecule has 0 N–H and O–H groups in total. The third kappa shape index (κ3) is 3.08. The molecule has 22 heavy (non-hydrogen) atoms. The largest absolute Gasteiger partial charge is 0.462 e. The van der Waals surface area contributed by atoms with Crippen molar-refractivity contribution >= 4 is 11.7 Å². The van der Waals surface area contributed by atoms with Crippen LogP contribution in [0.2, 0.25) is 0 Å². The van der Waals surface area contributed by atoms with Gasteiger partial charge in [0.25, 0.3) is 5.69 Å². The number of carbonyl (C=O) groups excluding carboxylic acids is 1. The number of nitro benzene ring substituents is 1. The highest BCUT2D eigenvalue weighted by molar-refractivity contribution is 5.97. The van der Waals surface area contributed by atoms with Gasteiger partial charge in [-0.3, -0.25) is 10.1 Å². The number of hydrogen-bond acceptors (Lipinski definition) is 6. The summed E-state index contributed by atoms with van der Waals surface area (Å²) in [5.74, 6) is -0.0615. The van der Waals surface area contributed by atoms with Gasteiger partial charge in [0, 0.05) is 17.7 Å². The molecule has 0 fully saturated rings. The van der Waals surface area contributed by atoms with Crippen LogP contribution in [-0.2, 0) is 4.74 Å². The molecule has 2 aromatic rings. The van der Waals surface area contributed by atoms with E-state index in [1.807, 2.05) is 0 Å². The lowest BCUT2D eigenvalue weighted by Crippen LogP contribution is -2.12. The molecule has 0 bridgehead atoms. The lowest BCUT2D eigenvalue weighted by atomic mass is 10.0. The molecule has 0 aliphatic rings. The van der Waals surface area contributed by atoms with Crippen LogP contribution < -0.4 is 0 Å². The van der Waals surface area contributed by atoms with Gasteiger partial charge in [-0.05, 0) is 20.8 Å². The fourth-order valence-corrected chi connectivity index (χ4v) is 2.14. The molecule has 0 aliphatic heterocycles. The van der Waals surface area contributed by atoms with Gasteiger partial charge in [-0.1, -0.05) is 12.1 Å². The number of benzene rings is 1. The third-order valence-electron chi connectivity index (χ3n) is 3.01. The number of carbonyl (C=O) groups is 1. The molecule has 0 amide bonds. The topological polar surface area (TPSA) is 95.2 Å². The molecule has 1 aromatic heterocycles. The van der Waals surface area contributed by atoms with Gasteiger partial charge in [-0.25, -0.2) is 14.8 Å². The van der Waals surface area contributed by atoms with Crippen LogP contribution in [0.1, 0.15) is 28.8 Å². The minimum absolute atomic E-state index is 0.0683. The summed E-state index contributed by atoms with van der Waals surface area (Å²) in [6.07, 6.45) is 0. The SMILES string of the molecule is CCOC(=O)c1c(C)nc(C)nc1-c1cccc([N+](=O)[O-])c1. The van der Waals surface area contributed by atoms with E-state index in [2.05, 4.69) is 9.97 Å². The van der Waals surface area contributed by atoms with E-state index in [9.17, 15) is 14.9 Å². The van der Waals surface area contributed by atoms with Crippen LogP contribution in [0.15, 0.2) is 24.3 Å². The van der Waals surface area contributed by atoms with Crippen molar-refractivity contribution in [2.24, 2.45) is 0 Å². The predicted octanol–water partition coefficient (Wildman–Crippen LogP) is 2.85. The van der Waals surface area contributed by atoms with Crippen molar-refractivity contribution in [1.82, 2.24) is 9.97 Å². The quantitative estimate of drug-likeness (QED) is 0.489. The van der Waals surface area contributed by atoms with Gasteiger partial charge in [0.05, 0.1) is 22.9 Å². The minimum Gasteiger partial charge on any atom is -0.462 e. The number of rotatable bonds is 4. The van der Waals surface area contributed by atoms with Gasteiger partial charge in [0.15, 0.2) is 0 Å². The van der Waals surface area contributed by atoms with Crippen molar-refractivity contribution in [2.75, 3.05) is 6.61 Å². The number of non-ortho nitro benzene ring substituents is 1. The van der Waals surface area contributed by atoms with Crippen LogP contribution in [0.5, 0.6) is 0 Å². The molecule has 2 rings (SSSR count). The van der Waals surface area contributed by atoms with Crippen LogP contribution in [-0.4, -0.2) is 27.5 Å². The van der Waals surface area contributed by atoms with Gasteiger partial charge in [-0.2, -0.15) is 0 Å². The fourth-order valence-electron chi connectivity index (χ4n) is 2.14. The highest BCUT2D eigenvalue weighted by atomic mass is 16.6. The highest BCUT2D eigenvalue weighted by Gasteiger charge is 2.21. The molecule has 7 heteroatoms. The van der Waals surface area contributed by atoms with Gasteiger partial charge in [-0.15, -0.1) is 0 Å². The second-order valence-corrected chi connectivity index (χ2v) is 4.61. The third-order valence-corrected chi connectivity index (χ3v) is 3.01. The number of nitro groups is 1. The zero-order chi connectivity index (χ0) is 16.3. The number of aryl methyl sites for hydroxylation is 2. The Hall–Kier alpha value is -2.83. The Morgan fingerprint density at radius 2 is 2.05 bits per heavy atom. The number of ether oxygens (including phenoxy) is 1. The van der Waals surface area contributed by atoms with Crippen LogP contribution >= 0.6 is 0 Å². The van der Waals surface area contributed by atoms with Gasteiger partial charge in [0.2, 0.25) is 0 Å². The molecule has 0 radical (unpaired) electrons. The first-order valence-electron chi connectivity index (χ1n) is 6.71. The lowest BCUT2D eigenvalue weighted by molar-refractivity contribution is -0.384. The summed E-state index contributed by atoms with van der Waals surface area (Å²) in [6.45, 7) is 5.31. The molecule has 7 nitrogen and oxygen atoms in total. The zero-order valence-corrected chi connectivity index (χ0v) is 12.5. The highest BCUT2D eigenvalue weighted by Crippen LogP contribution is 2.27. The molecule has 0 atom stereocenters. The summed E-state index contributed by atoms with van der Waals surface area (Å²) in [6, 6.07) is 5.98. The second-order valence-electron chi connectivity index (χ2n) is 4.61. The molecule has 1 aromatic carbocycles. The van der Waals surface area contributed by atoms with Crippen molar-refractivity contribution in [3.63, 3.8) is 0 Å². The van der Waals surface area contributed by atoms with E-state index in [0.717, 1.165) is 0 Å². The monoisotopic (exact) mass is 301 g/mol. The molecule has 0 unspecified atom stereocenters. The summed E-state index contributed by atoms with van der Waals surface area (Å²) in [4.78, 5) is 31.0.